The molecule has 1 heterocycles. The molecule has 2 nitrogen and oxygen atoms in total. The van der Waals surface area contributed by atoms with Crippen LogP contribution >= 0.6 is 11.6 Å². The molecule has 2 aromatic rings. The lowest BCUT2D eigenvalue weighted by molar-refractivity contribution is 1.26. The Kier molecular flexibility index (Phi) is 2.89. The van der Waals surface area contributed by atoms with E-state index in [1.54, 1.807) is 6.20 Å². The van der Waals surface area contributed by atoms with Crippen molar-refractivity contribution >= 4 is 11.6 Å². The van der Waals surface area contributed by atoms with E-state index in [9.17, 15) is 0 Å². The van der Waals surface area contributed by atoms with Crippen molar-refractivity contribution in [1.29, 1.82) is 5.26 Å². The molecule has 0 saturated heterocycles. The molecular formula is C13H9ClN2. The Morgan fingerprint density at radius 2 is 1.94 bits per heavy atom. The second kappa shape index (κ2) is 4.34. The van der Waals surface area contributed by atoms with Crippen molar-refractivity contribution in [2.45, 2.75) is 6.92 Å². The minimum Gasteiger partial charge on any atom is -0.253 e. The van der Waals surface area contributed by atoms with Crippen molar-refractivity contribution in [3.05, 3.63) is 52.7 Å². The van der Waals surface area contributed by atoms with Gasteiger partial charge in [-0.3, -0.25) is 4.98 Å². The van der Waals surface area contributed by atoms with Gasteiger partial charge in [0.25, 0.3) is 0 Å². The zero-order chi connectivity index (χ0) is 11.5. The molecular weight excluding hydrogens is 220 g/mol. The molecule has 0 aliphatic carbocycles. The molecule has 0 radical (unpaired) electrons. The quantitative estimate of drug-likeness (QED) is 0.748. The highest BCUT2D eigenvalue weighted by atomic mass is 35.5. The van der Waals surface area contributed by atoms with Gasteiger partial charge in [0.05, 0.1) is 16.3 Å². The monoisotopic (exact) mass is 228 g/mol. The van der Waals surface area contributed by atoms with Gasteiger partial charge >= 0.3 is 0 Å². The second-order valence-corrected chi connectivity index (χ2v) is 3.82. The lowest BCUT2D eigenvalue weighted by atomic mass is 10.1. The van der Waals surface area contributed by atoms with E-state index in [-0.39, 0.29) is 0 Å². The Morgan fingerprint density at radius 3 is 2.56 bits per heavy atom. The standard InChI is InChI=1S/C13H9ClN2/c1-9-11(7-15)8-16-13(12(9)14)10-5-3-2-4-6-10/h2-6,8H,1H3. The third kappa shape index (κ3) is 1.78. The predicted molar refractivity (Wildman–Crippen MR) is 64.1 cm³/mol. The lowest BCUT2D eigenvalue weighted by Crippen LogP contribution is -1.91. The highest BCUT2D eigenvalue weighted by Gasteiger charge is 2.10. The molecule has 0 bridgehead atoms. The topological polar surface area (TPSA) is 36.7 Å². The number of nitriles is 1. The van der Waals surface area contributed by atoms with E-state index >= 15 is 0 Å². The molecule has 0 N–H and O–H groups in total. The van der Waals surface area contributed by atoms with Crippen molar-refractivity contribution in [2.24, 2.45) is 0 Å². The van der Waals surface area contributed by atoms with Crippen LogP contribution in [-0.2, 0) is 0 Å². The zero-order valence-corrected chi connectivity index (χ0v) is 9.49. The number of pyridine rings is 1. The normalized spacial score (nSPS) is 9.81. The van der Waals surface area contributed by atoms with Gasteiger partial charge in [-0.25, -0.2) is 0 Å². The van der Waals surface area contributed by atoms with Gasteiger partial charge in [0.1, 0.15) is 6.07 Å². The summed E-state index contributed by atoms with van der Waals surface area (Å²) in [5.74, 6) is 0. The summed E-state index contributed by atoms with van der Waals surface area (Å²) in [6, 6.07) is 11.8. The number of nitrogens with zero attached hydrogens (tertiary/aromatic N) is 2. The van der Waals surface area contributed by atoms with Crippen molar-refractivity contribution in [1.82, 2.24) is 4.98 Å². The van der Waals surface area contributed by atoms with E-state index in [1.165, 1.54) is 0 Å². The maximum atomic E-state index is 8.86. The first-order valence-electron chi connectivity index (χ1n) is 4.84. The molecule has 0 unspecified atom stereocenters. The number of halogens is 1. The summed E-state index contributed by atoms with van der Waals surface area (Å²) in [4.78, 5) is 4.23. The van der Waals surface area contributed by atoms with Crippen molar-refractivity contribution in [3.63, 3.8) is 0 Å². The van der Waals surface area contributed by atoms with E-state index in [1.807, 2.05) is 37.3 Å². The number of benzene rings is 1. The first kappa shape index (κ1) is 10.7. The Morgan fingerprint density at radius 1 is 1.25 bits per heavy atom. The Labute approximate surface area is 99.1 Å². The predicted octanol–water partition coefficient (Wildman–Crippen LogP) is 3.58. The van der Waals surface area contributed by atoms with E-state index in [4.69, 9.17) is 16.9 Å². The molecule has 2 rings (SSSR count). The van der Waals surface area contributed by atoms with Crippen molar-refractivity contribution in [3.8, 4) is 17.3 Å². The van der Waals surface area contributed by atoms with Gasteiger partial charge in [-0.1, -0.05) is 41.9 Å². The summed E-state index contributed by atoms with van der Waals surface area (Å²) in [7, 11) is 0. The fourth-order valence-electron chi connectivity index (χ4n) is 1.49. The van der Waals surface area contributed by atoms with Crippen LogP contribution in [-0.4, -0.2) is 4.98 Å². The van der Waals surface area contributed by atoms with Crippen LogP contribution in [0.3, 0.4) is 0 Å². The fourth-order valence-corrected chi connectivity index (χ4v) is 1.75. The Bertz CT molecular complexity index is 556. The maximum absolute atomic E-state index is 8.86. The second-order valence-electron chi connectivity index (χ2n) is 3.44. The summed E-state index contributed by atoms with van der Waals surface area (Å²) in [5, 5.41) is 9.40. The summed E-state index contributed by atoms with van der Waals surface area (Å²) in [6.07, 6.45) is 1.56. The van der Waals surface area contributed by atoms with Crippen LogP contribution in [0.5, 0.6) is 0 Å². The molecule has 3 heteroatoms. The number of aromatic nitrogens is 1. The first-order chi connectivity index (χ1) is 7.74. The molecule has 0 fully saturated rings. The van der Waals surface area contributed by atoms with Crippen LogP contribution in [0.1, 0.15) is 11.1 Å². The van der Waals surface area contributed by atoms with Crippen LogP contribution in [0.2, 0.25) is 5.02 Å². The lowest BCUT2D eigenvalue weighted by Gasteiger charge is -2.06. The molecule has 0 amide bonds. The molecule has 0 aliphatic rings. The molecule has 0 aliphatic heterocycles. The van der Waals surface area contributed by atoms with Gasteiger partial charge in [0, 0.05) is 11.8 Å². The summed E-state index contributed by atoms with van der Waals surface area (Å²) < 4.78 is 0. The van der Waals surface area contributed by atoms with Crippen molar-refractivity contribution < 1.29 is 0 Å². The Hall–Kier alpha value is -1.85. The zero-order valence-electron chi connectivity index (χ0n) is 8.74. The number of hydrogen-bond acceptors (Lipinski definition) is 2. The SMILES string of the molecule is Cc1c(C#N)cnc(-c2ccccc2)c1Cl. The van der Waals surface area contributed by atoms with Crippen LogP contribution in [0.4, 0.5) is 0 Å². The summed E-state index contributed by atoms with van der Waals surface area (Å²) >= 11 is 6.20. The fraction of sp³-hybridized carbons (Fsp3) is 0.0769. The smallest absolute Gasteiger partial charge is 0.101 e. The van der Waals surface area contributed by atoms with Gasteiger partial charge in [-0.2, -0.15) is 5.26 Å². The third-order valence-corrected chi connectivity index (χ3v) is 2.89. The third-order valence-electron chi connectivity index (χ3n) is 2.43. The average Bonchev–Trinajstić information content (AvgIpc) is 2.34. The maximum Gasteiger partial charge on any atom is 0.101 e. The van der Waals surface area contributed by atoms with Gasteiger partial charge in [-0.05, 0) is 12.5 Å². The molecule has 16 heavy (non-hydrogen) atoms. The van der Waals surface area contributed by atoms with Gasteiger partial charge in [0.2, 0.25) is 0 Å². The number of hydrogen-bond donors (Lipinski definition) is 0. The minimum atomic E-state index is 0.518. The highest BCUT2D eigenvalue weighted by molar-refractivity contribution is 6.33. The number of rotatable bonds is 1. The highest BCUT2D eigenvalue weighted by Crippen LogP contribution is 2.29. The van der Waals surface area contributed by atoms with E-state index in [2.05, 4.69) is 11.1 Å². The average molecular weight is 229 g/mol. The first-order valence-corrected chi connectivity index (χ1v) is 5.22. The van der Waals surface area contributed by atoms with E-state index < -0.39 is 0 Å². The summed E-state index contributed by atoms with van der Waals surface area (Å²) in [6.45, 7) is 1.83. The van der Waals surface area contributed by atoms with Crippen molar-refractivity contribution in [2.75, 3.05) is 0 Å². The van der Waals surface area contributed by atoms with E-state index in [0.717, 1.165) is 16.8 Å². The van der Waals surface area contributed by atoms with Gasteiger partial charge in [-0.15, -0.1) is 0 Å². The Balaban J connectivity index is 2.62. The van der Waals surface area contributed by atoms with E-state index in [0.29, 0.717) is 10.6 Å². The summed E-state index contributed by atoms with van der Waals surface area (Å²) in [5.41, 5.74) is 2.97. The van der Waals surface area contributed by atoms with Gasteiger partial charge < -0.3 is 0 Å². The molecule has 1 aromatic heterocycles. The molecule has 1 aromatic carbocycles. The van der Waals surface area contributed by atoms with Crippen LogP contribution in [0.25, 0.3) is 11.3 Å². The van der Waals surface area contributed by atoms with Crippen LogP contribution < -0.4 is 0 Å². The van der Waals surface area contributed by atoms with Crippen LogP contribution in [0, 0.1) is 18.3 Å². The largest absolute Gasteiger partial charge is 0.253 e. The molecule has 0 atom stereocenters. The molecule has 0 saturated carbocycles. The minimum absolute atomic E-state index is 0.518. The van der Waals surface area contributed by atoms with Gasteiger partial charge in [0.15, 0.2) is 0 Å². The molecule has 78 valence electrons. The molecule has 0 spiro atoms. The van der Waals surface area contributed by atoms with Crippen LogP contribution in [0.15, 0.2) is 36.5 Å².